The van der Waals surface area contributed by atoms with Gasteiger partial charge in [-0.2, -0.15) is 0 Å². The lowest BCUT2D eigenvalue weighted by Gasteiger charge is -2.03. The molecule has 3 nitrogen and oxygen atoms in total. The first-order valence-corrected chi connectivity index (χ1v) is 4.86. The van der Waals surface area contributed by atoms with Gasteiger partial charge in [-0.05, 0) is 25.0 Å². The van der Waals surface area contributed by atoms with Crippen molar-refractivity contribution >= 4 is 17.6 Å². The largest absolute Gasteiger partial charge is 0.466 e. The number of esters is 1. The van der Waals surface area contributed by atoms with Crippen LogP contribution in [0, 0.1) is 0 Å². The molecule has 14 heavy (non-hydrogen) atoms. The van der Waals surface area contributed by atoms with E-state index in [1.807, 2.05) is 6.07 Å². The zero-order valence-electron chi connectivity index (χ0n) is 8.00. The molecular formula is C10H12ClNO2. The molecule has 1 heterocycles. The average Bonchev–Trinajstić information content (AvgIpc) is 2.17. The molecular weight excluding hydrogens is 202 g/mol. The van der Waals surface area contributed by atoms with E-state index in [1.54, 1.807) is 19.3 Å². The van der Waals surface area contributed by atoms with E-state index in [1.165, 1.54) is 0 Å². The summed E-state index contributed by atoms with van der Waals surface area (Å²) in [6, 6.07) is 1.81. The Morgan fingerprint density at radius 3 is 3.07 bits per heavy atom. The zero-order valence-corrected chi connectivity index (χ0v) is 8.75. The van der Waals surface area contributed by atoms with E-state index in [4.69, 9.17) is 16.3 Å². The summed E-state index contributed by atoms with van der Waals surface area (Å²) in [4.78, 5) is 14.9. The number of aromatic nitrogens is 1. The quantitative estimate of drug-likeness (QED) is 0.720. The molecule has 0 aliphatic rings. The number of hydrogen-bond donors (Lipinski definition) is 0. The number of halogens is 1. The molecule has 0 aromatic carbocycles. The molecule has 0 spiro atoms. The maximum Gasteiger partial charge on any atom is 0.306 e. The van der Waals surface area contributed by atoms with Gasteiger partial charge in [0.25, 0.3) is 0 Å². The Bertz CT molecular complexity index is 315. The van der Waals surface area contributed by atoms with Gasteiger partial charge in [0.15, 0.2) is 0 Å². The highest BCUT2D eigenvalue weighted by molar-refractivity contribution is 6.31. The Labute approximate surface area is 88.1 Å². The van der Waals surface area contributed by atoms with Crippen molar-refractivity contribution in [2.75, 3.05) is 6.61 Å². The van der Waals surface area contributed by atoms with E-state index in [-0.39, 0.29) is 5.97 Å². The summed E-state index contributed by atoms with van der Waals surface area (Å²) in [6.45, 7) is 2.21. The third-order valence-corrected chi connectivity index (χ3v) is 2.10. The Balaban J connectivity index is 2.46. The summed E-state index contributed by atoms with van der Waals surface area (Å²) in [7, 11) is 0. The van der Waals surface area contributed by atoms with Crippen LogP contribution in [0.5, 0.6) is 0 Å². The number of carbonyl (C=O) groups excluding carboxylic acids is 1. The summed E-state index contributed by atoms with van der Waals surface area (Å²) < 4.78 is 4.81. The molecule has 0 aliphatic carbocycles. The summed E-state index contributed by atoms with van der Waals surface area (Å²) in [5, 5.41) is 0.594. The molecule has 4 heteroatoms. The molecule has 0 N–H and O–H groups in total. The summed E-state index contributed by atoms with van der Waals surface area (Å²) in [6.07, 6.45) is 4.19. The smallest absolute Gasteiger partial charge is 0.306 e. The van der Waals surface area contributed by atoms with Gasteiger partial charge >= 0.3 is 5.97 Å². The minimum Gasteiger partial charge on any atom is -0.466 e. The van der Waals surface area contributed by atoms with Gasteiger partial charge in [-0.15, -0.1) is 0 Å². The second-order valence-corrected chi connectivity index (χ2v) is 3.18. The van der Waals surface area contributed by atoms with Crippen molar-refractivity contribution in [2.24, 2.45) is 0 Å². The van der Waals surface area contributed by atoms with Crippen molar-refractivity contribution in [3.05, 3.63) is 29.0 Å². The molecule has 1 aromatic heterocycles. The third kappa shape index (κ3) is 3.34. The van der Waals surface area contributed by atoms with Crippen LogP contribution in [0.25, 0.3) is 0 Å². The number of aryl methyl sites for hydroxylation is 1. The SMILES string of the molecule is CCOC(=O)CCc1ccncc1Cl. The topological polar surface area (TPSA) is 39.2 Å². The standard InChI is InChI=1S/C10H12ClNO2/c1-2-14-10(13)4-3-8-5-6-12-7-9(8)11/h5-7H,2-4H2,1H3. The number of hydrogen-bond acceptors (Lipinski definition) is 3. The molecule has 0 atom stereocenters. The van der Waals surface area contributed by atoms with Crippen LogP contribution in [-0.4, -0.2) is 17.6 Å². The zero-order chi connectivity index (χ0) is 10.4. The normalized spacial score (nSPS) is 9.86. The van der Waals surface area contributed by atoms with Gasteiger partial charge in [0.05, 0.1) is 11.6 Å². The summed E-state index contributed by atoms with van der Waals surface area (Å²) in [5.41, 5.74) is 0.926. The van der Waals surface area contributed by atoms with Crippen LogP contribution in [0.2, 0.25) is 5.02 Å². The van der Waals surface area contributed by atoms with Crippen LogP contribution in [-0.2, 0) is 16.0 Å². The minimum atomic E-state index is -0.194. The van der Waals surface area contributed by atoms with Gasteiger partial charge in [0, 0.05) is 18.8 Å². The van der Waals surface area contributed by atoms with Crippen LogP contribution in [0.1, 0.15) is 18.9 Å². The number of pyridine rings is 1. The monoisotopic (exact) mass is 213 g/mol. The lowest BCUT2D eigenvalue weighted by atomic mass is 10.1. The van der Waals surface area contributed by atoms with Crippen molar-refractivity contribution in [3.8, 4) is 0 Å². The molecule has 0 saturated heterocycles. The maximum atomic E-state index is 11.0. The van der Waals surface area contributed by atoms with Gasteiger partial charge in [-0.3, -0.25) is 9.78 Å². The van der Waals surface area contributed by atoms with Gasteiger partial charge in [-0.25, -0.2) is 0 Å². The van der Waals surface area contributed by atoms with Crippen molar-refractivity contribution in [2.45, 2.75) is 19.8 Å². The average molecular weight is 214 g/mol. The highest BCUT2D eigenvalue weighted by Crippen LogP contribution is 2.15. The molecule has 0 fully saturated rings. The summed E-state index contributed by atoms with van der Waals surface area (Å²) >= 11 is 5.87. The molecule has 0 saturated carbocycles. The number of ether oxygens (including phenoxy) is 1. The Morgan fingerprint density at radius 1 is 1.64 bits per heavy atom. The molecule has 76 valence electrons. The number of rotatable bonds is 4. The van der Waals surface area contributed by atoms with Crippen molar-refractivity contribution in [3.63, 3.8) is 0 Å². The van der Waals surface area contributed by atoms with E-state index in [0.717, 1.165) is 5.56 Å². The molecule has 0 radical (unpaired) electrons. The molecule has 0 amide bonds. The molecule has 0 aliphatic heterocycles. The third-order valence-electron chi connectivity index (χ3n) is 1.76. The van der Waals surface area contributed by atoms with E-state index in [2.05, 4.69) is 4.98 Å². The van der Waals surface area contributed by atoms with E-state index in [0.29, 0.717) is 24.5 Å². The first-order valence-electron chi connectivity index (χ1n) is 4.48. The fourth-order valence-corrected chi connectivity index (χ4v) is 1.29. The Hall–Kier alpha value is -1.09. The fraction of sp³-hybridized carbons (Fsp3) is 0.400. The fourth-order valence-electron chi connectivity index (χ4n) is 1.08. The van der Waals surface area contributed by atoms with Gasteiger partial charge in [0.1, 0.15) is 0 Å². The Kier molecular flexibility index (Phi) is 4.40. The maximum absolute atomic E-state index is 11.0. The predicted molar refractivity (Wildman–Crippen MR) is 54.2 cm³/mol. The van der Waals surface area contributed by atoms with E-state index in [9.17, 15) is 4.79 Å². The second kappa shape index (κ2) is 5.60. The lowest BCUT2D eigenvalue weighted by molar-refractivity contribution is -0.143. The van der Waals surface area contributed by atoms with Gasteiger partial charge in [0.2, 0.25) is 0 Å². The molecule has 1 aromatic rings. The first-order chi connectivity index (χ1) is 6.74. The minimum absolute atomic E-state index is 0.194. The molecule has 0 unspecified atom stereocenters. The van der Waals surface area contributed by atoms with Crippen molar-refractivity contribution in [1.82, 2.24) is 4.98 Å². The van der Waals surface area contributed by atoms with Crippen LogP contribution < -0.4 is 0 Å². The summed E-state index contributed by atoms with van der Waals surface area (Å²) in [5.74, 6) is -0.194. The Morgan fingerprint density at radius 2 is 2.43 bits per heavy atom. The highest BCUT2D eigenvalue weighted by Gasteiger charge is 2.04. The first kappa shape index (κ1) is 11.0. The van der Waals surface area contributed by atoms with Crippen LogP contribution >= 0.6 is 11.6 Å². The van der Waals surface area contributed by atoms with Crippen LogP contribution in [0.4, 0.5) is 0 Å². The second-order valence-electron chi connectivity index (χ2n) is 2.77. The number of nitrogens with zero attached hydrogens (tertiary/aromatic N) is 1. The van der Waals surface area contributed by atoms with Gasteiger partial charge in [-0.1, -0.05) is 11.6 Å². The number of carbonyl (C=O) groups is 1. The van der Waals surface area contributed by atoms with E-state index >= 15 is 0 Å². The van der Waals surface area contributed by atoms with Gasteiger partial charge < -0.3 is 4.74 Å². The lowest BCUT2D eigenvalue weighted by Crippen LogP contribution is -2.05. The molecule has 0 bridgehead atoms. The predicted octanol–water partition coefficient (Wildman–Crippen LogP) is 2.23. The molecule has 1 rings (SSSR count). The van der Waals surface area contributed by atoms with Crippen molar-refractivity contribution in [1.29, 1.82) is 0 Å². The highest BCUT2D eigenvalue weighted by atomic mass is 35.5. The van der Waals surface area contributed by atoms with E-state index < -0.39 is 0 Å². The van der Waals surface area contributed by atoms with Crippen molar-refractivity contribution < 1.29 is 9.53 Å². The van der Waals surface area contributed by atoms with Crippen LogP contribution in [0.15, 0.2) is 18.5 Å². The van der Waals surface area contributed by atoms with Crippen LogP contribution in [0.3, 0.4) is 0 Å².